The van der Waals surface area contributed by atoms with Crippen LogP contribution in [0.2, 0.25) is 0 Å². The maximum absolute atomic E-state index is 14.0. The van der Waals surface area contributed by atoms with Crippen LogP contribution in [0, 0.1) is 32.4 Å². The first-order valence-corrected chi connectivity index (χ1v) is 7.12. The van der Waals surface area contributed by atoms with Crippen molar-refractivity contribution < 1.29 is 8.78 Å². The van der Waals surface area contributed by atoms with Crippen LogP contribution in [-0.4, -0.2) is 7.05 Å². The Labute approximate surface area is 125 Å². The van der Waals surface area contributed by atoms with E-state index >= 15 is 0 Å². The molecule has 112 valence electrons. The second-order valence-electron chi connectivity index (χ2n) is 5.57. The molecule has 21 heavy (non-hydrogen) atoms. The van der Waals surface area contributed by atoms with Gasteiger partial charge in [-0.05, 0) is 57.0 Å². The first-order valence-electron chi connectivity index (χ1n) is 7.12. The lowest BCUT2D eigenvalue weighted by Crippen LogP contribution is -2.21. The van der Waals surface area contributed by atoms with E-state index in [1.807, 2.05) is 0 Å². The van der Waals surface area contributed by atoms with Crippen LogP contribution < -0.4 is 5.32 Å². The summed E-state index contributed by atoms with van der Waals surface area (Å²) in [5, 5.41) is 3.10. The third kappa shape index (κ3) is 3.30. The molecule has 2 aromatic rings. The Kier molecular flexibility index (Phi) is 4.73. The number of benzene rings is 2. The molecule has 1 unspecified atom stereocenters. The van der Waals surface area contributed by atoms with Gasteiger partial charge in [0.05, 0.1) is 0 Å². The van der Waals surface area contributed by atoms with E-state index < -0.39 is 11.6 Å². The standard InChI is InChI=1S/C18H21F2N/c1-11-8-12(2)15(13(3)9-11)10-17(21-4)14-6-5-7-16(19)18(14)20/h5-9,17,21H,10H2,1-4H3. The van der Waals surface area contributed by atoms with Crippen molar-refractivity contribution >= 4 is 0 Å². The highest BCUT2D eigenvalue weighted by Gasteiger charge is 2.18. The molecule has 1 nitrogen and oxygen atoms in total. The second-order valence-corrected chi connectivity index (χ2v) is 5.57. The van der Waals surface area contributed by atoms with Crippen molar-refractivity contribution in [3.8, 4) is 0 Å². The lowest BCUT2D eigenvalue weighted by Gasteiger charge is -2.20. The van der Waals surface area contributed by atoms with Crippen molar-refractivity contribution in [1.82, 2.24) is 5.32 Å². The molecule has 0 saturated heterocycles. The molecule has 0 aliphatic rings. The summed E-state index contributed by atoms with van der Waals surface area (Å²) in [5.74, 6) is -1.57. The number of hydrogen-bond donors (Lipinski definition) is 1. The Bertz CT molecular complexity index is 627. The van der Waals surface area contributed by atoms with Gasteiger partial charge in [0.15, 0.2) is 11.6 Å². The summed E-state index contributed by atoms with van der Waals surface area (Å²) in [4.78, 5) is 0. The third-order valence-corrected chi connectivity index (χ3v) is 3.95. The van der Waals surface area contributed by atoms with E-state index in [9.17, 15) is 8.78 Å². The van der Waals surface area contributed by atoms with Crippen LogP contribution in [-0.2, 0) is 6.42 Å². The summed E-state index contributed by atoms with van der Waals surface area (Å²) in [7, 11) is 1.77. The molecule has 0 aliphatic carbocycles. The summed E-state index contributed by atoms with van der Waals surface area (Å²) in [6.45, 7) is 6.18. The minimum absolute atomic E-state index is 0.249. The van der Waals surface area contributed by atoms with Crippen molar-refractivity contribution in [2.45, 2.75) is 33.2 Å². The van der Waals surface area contributed by atoms with Gasteiger partial charge in [0.2, 0.25) is 0 Å². The highest BCUT2D eigenvalue weighted by Crippen LogP contribution is 2.26. The number of rotatable bonds is 4. The van der Waals surface area contributed by atoms with Crippen LogP contribution in [0.25, 0.3) is 0 Å². The van der Waals surface area contributed by atoms with E-state index in [-0.39, 0.29) is 6.04 Å². The maximum atomic E-state index is 14.0. The molecule has 0 aliphatic heterocycles. The Hall–Kier alpha value is -1.74. The fraction of sp³-hybridized carbons (Fsp3) is 0.333. The molecular formula is C18H21F2N. The molecule has 1 atom stereocenters. The molecule has 0 heterocycles. The van der Waals surface area contributed by atoms with E-state index in [1.165, 1.54) is 22.3 Å². The summed E-state index contributed by atoms with van der Waals surface area (Å²) in [6, 6.07) is 8.33. The lowest BCUT2D eigenvalue weighted by molar-refractivity contribution is 0.472. The predicted octanol–water partition coefficient (Wildman–Crippen LogP) is 4.39. The number of hydrogen-bond acceptors (Lipinski definition) is 1. The lowest BCUT2D eigenvalue weighted by atomic mass is 9.91. The Morgan fingerprint density at radius 2 is 1.67 bits per heavy atom. The molecule has 3 heteroatoms. The zero-order chi connectivity index (χ0) is 15.6. The van der Waals surface area contributed by atoms with Crippen molar-refractivity contribution in [3.63, 3.8) is 0 Å². The Morgan fingerprint density at radius 3 is 2.24 bits per heavy atom. The quantitative estimate of drug-likeness (QED) is 0.880. The molecule has 2 rings (SSSR count). The third-order valence-electron chi connectivity index (χ3n) is 3.95. The van der Waals surface area contributed by atoms with E-state index in [2.05, 4.69) is 38.2 Å². The molecular weight excluding hydrogens is 268 g/mol. The monoisotopic (exact) mass is 289 g/mol. The number of halogens is 2. The van der Waals surface area contributed by atoms with Crippen molar-refractivity contribution in [3.05, 3.63) is 69.8 Å². The van der Waals surface area contributed by atoms with Crippen LogP contribution in [0.4, 0.5) is 8.78 Å². The first kappa shape index (κ1) is 15.6. The van der Waals surface area contributed by atoms with Gasteiger partial charge in [-0.25, -0.2) is 8.78 Å². The molecule has 0 saturated carbocycles. The van der Waals surface area contributed by atoms with Gasteiger partial charge < -0.3 is 5.32 Å². The van der Waals surface area contributed by atoms with Crippen LogP contribution >= 0.6 is 0 Å². The maximum Gasteiger partial charge on any atom is 0.163 e. The van der Waals surface area contributed by atoms with Gasteiger partial charge in [0.1, 0.15) is 0 Å². The van der Waals surface area contributed by atoms with Gasteiger partial charge in [-0.2, -0.15) is 0 Å². The first-order chi connectivity index (χ1) is 9.93. The van der Waals surface area contributed by atoms with Crippen molar-refractivity contribution in [2.24, 2.45) is 0 Å². The fourth-order valence-corrected chi connectivity index (χ4v) is 2.89. The van der Waals surface area contributed by atoms with Gasteiger partial charge in [0.25, 0.3) is 0 Å². The number of aryl methyl sites for hydroxylation is 3. The van der Waals surface area contributed by atoms with E-state index in [4.69, 9.17) is 0 Å². The highest BCUT2D eigenvalue weighted by atomic mass is 19.2. The van der Waals surface area contributed by atoms with Gasteiger partial charge in [-0.1, -0.05) is 29.8 Å². The minimum atomic E-state index is -0.801. The average molecular weight is 289 g/mol. The van der Waals surface area contributed by atoms with Gasteiger partial charge in [-0.3, -0.25) is 0 Å². The molecule has 1 N–H and O–H groups in total. The number of nitrogens with one attached hydrogen (secondary N) is 1. The molecule has 0 spiro atoms. The van der Waals surface area contributed by atoms with Gasteiger partial charge in [-0.15, -0.1) is 0 Å². The molecule has 0 radical (unpaired) electrons. The highest BCUT2D eigenvalue weighted by molar-refractivity contribution is 5.39. The number of likely N-dealkylation sites (N-methyl/N-ethyl adjacent to an activating group) is 1. The van der Waals surface area contributed by atoms with Crippen LogP contribution in [0.15, 0.2) is 30.3 Å². The largest absolute Gasteiger partial charge is 0.313 e. The Morgan fingerprint density at radius 1 is 1.05 bits per heavy atom. The zero-order valence-corrected chi connectivity index (χ0v) is 12.9. The molecule has 0 amide bonds. The minimum Gasteiger partial charge on any atom is -0.313 e. The summed E-state index contributed by atoms with van der Waals surface area (Å²) in [5.41, 5.74) is 5.14. The van der Waals surface area contributed by atoms with E-state index in [0.717, 1.165) is 6.07 Å². The van der Waals surface area contributed by atoms with E-state index in [0.29, 0.717) is 12.0 Å². The van der Waals surface area contributed by atoms with Crippen molar-refractivity contribution in [1.29, 1.82) is 0 Å². The summed E-state index contributed by atoms with van der Waals surface area (Å²) >= 11 is 0. The van der Waals surface area contributed by atoms with Crippen LogP contribution in [0.3, 0.4) is 0 Å². The van der Waals surface area contributed by atoms with E-state index in [1.54, 1.807) is 19.2 Å². The van der Waals surface area contributed by atoms with Gasteiger partial charge >= 0.3 is 0 Å². The smallest absolute Gasteiger partial charge is 0.163 e. The molecule has 2 aromatic carbocycles. The average Bonchev–Trinajstić information content (AvgIpc) is 2.42. The summed E-state index contributed by atoms with van der Waals surface area (Å²) < 4.78 is 27.4. The molecule has 0 fully saturated rings. The summed E-state index contributed by atoms with van der Waals surface area (Å²) in [6.07, 6.45) is 0.634. The topological polar surface area (TPSA) is 12.0 Å². The predicted molar refractivity (Wildman–Crippen MR) is 82.5 cm³/mol. The van der Waals surface area contributed by atoms with Gasteiger partial charge in [0, 0.05) is 11.6 Å². The van der Waals surface area contributed by atoms with Crippen LogP contribution in [0.5, 0.6) is 0 Å². The second kappa shape index (κ2) is 6.35. The van der Waals surface area contributed by atoms with Crippen molar-refractivity contribution in [2.75, 3.05) is 7.05 Å². The zero-order valence-electron chi connectivity index (χ0n) is 12.9. The SMILES string of the molecule is CNC(Cc1c(C)cc(C)cc1C)c1cccc(F)c1F. The van der Waals surface area contributed by atoms with Crippen LogP contribution in [0.1, 0.15) is 33.9 Å². The molecule has 0 bridgehead atoms. The normalized spacial score (nSPS) is 12.5. The Balaban J connectivity index is 2.38. The molecule has 0 aromatic heterocycles. The fourth-order valence-electron chi connectivity index (χ4n) is 2.89.